The number of esters is 1. The van der Waals surface area contributed by atoms with Crippen molar-refractivity contribution in [3.05, 3.63) is 0 Å². The van der Waals surface area contributed by atoms with Crippen LogP contribution in [0.4, 0.5) is 0 Å². The maximum absolute atomic E-state index is 11.8. The first-order valence-electron chi connectivity index (χ1n) is 6.42. The highest BCUT2D eigenvalue weighted by Crippen LogP contribution is 2.12. The number of piperidine rings is 1. The van der Waals surface area contributed by atoms with Crippen LogP contribution in [0, 0.1) is 0 Å². The minimum atomic E-state index is -0.466. The Hall–Kier alpha value is -1.10. The highest BCUT2D eigenvalue weighted by Gasteiger charge is 2.27. The molecule has 18 heavy (non-hydrogen) atoms. The Kier molecular flexibility index (Phi) is 4.73. The predicted molar refractivity (Wildman–Crippen MR) is 69.1 cm³/mol. The lowest BCUT2D eigenvalue weighted by Crippen LogP contribution is -2.51. The van der Waals surface area contributed by atoms with E-state index < -0.39 is 5.60 Å². The second-order valence-electron chi connectivity index (χ2n) is 5.93. The fourth-order valence-electron chi connectivity index (χ4n) is 1.96. The van der Waals surface area contributed by atoms with Gasteiger partial charge in [-0.25, -0.2) is 0 Å². The Balaban J connectivity index is 2.43. The first-order chi connectivity index (χ1) is 8.19. The fraction of sp³-hybridized carbons (Fsp3) is 0.846. The summed E-state index contributed by atoms with van der Waals surface area (Å²) in [5.74, 6) is -0.0833. The van der Waals surface area contributed by atoms with Crippen molar-refractivity contribution in [1.82, 2.24) is 10.2 Å². The van der Waals surface area contributed by atoms with E-state index in [9.17, 15) is 9.59 Å². The van der Waals surface area contributed by atoms with Gasteiger partial charge in [0.25, 0.3) is 0 Å². The van der Waals surface area contributed by atoms with Crippen molar-refractivity contribution >= 4 is 11.9 Å². The lowest BCUT2D eigenvalue weighted by molar-refractivity contribution is -0.157. The zero-order chi connectivity index (χ0) is 13.9. The van der Waals surface area contributed by atoms with Crippen LogP contribution in [0.25, 0.3) is 0 Å². The van der Waals surface area contributed by atoms with Gasteiger partial charge in [-0.05, 0) is 34.1 Å². The first-order valence-corrected chi connectivity index (χ1v) is 6.42. The van der Waals surface area contributed by atoms with Gasteiger partial charge in [0.05, 0.1) is 0 Å². The number of amides is 1. The number of likely N-dealkylation sites (tertiary alicyclic amines) is 1. The quantitative estimate of drug-likeness (QED) is 0.763. The van der Waals surface area contributed by atoms with Gasteiger partial charge in [-0.15, -0.1) is 0 Å². The number of likely N-dealkylation sites (N-methyl/N-ethyl adjacent to an activating group) is 1. The topological polar surface area (TPSA) is 58.6 Å². The summed E-state index contributed by atoms with van der Waals surface area (Å²) in [6, 6.07) is -0.189. The SMILES string of the molecule is CC(NC1CCC(=O)N(C)C1)C(=O)OC(C)(C)C. The van der Waals surface area contributed by atoms with E-state index in [0.29, 0.717) is 13.0 Å². The van der Waals surface area contributed by atoms with Crippen molar-refractivity contribution in [2.45, 2.75) is 58.2 Å². The van der Waals surface area contributed by atoms with Gasteiger partial charge in [0.15, 0.2) is 0 Å². The Morgan fingerprint density at radius 3 is 2.61 bits per heavy atom. The summed E-state index contributed by atoms with van der Waals surface area (Å²) < 4.78 is 5.31. The van der Waals surface area contributed by atoms with Crippen LogP contribution in [0.5, 0.6) is 0 Å². The maximum atomic E-state index is 11.8. The molecule has 5 nitrogen and oxygen atoms in total. The van der Waals surface area contributed by atoms with Crippen molar-refractivity contribution < 1.29 is 14.3 Å². The molecule has 2 unspecified atom stereocenters. The Bertz CT molecular complexity index is 323. The summed E-state index contributed by atoms with van der Waals surface area (Å²) in [4.78, 5) is 24.9. The molecule has 1 aliphatic rings. The van der Waals surface area contributed by atoms with E-state index in [0.717, 1.165) is 6.42 Å². The molecular formula is C13H24N2O3. The van der Waals surface area contributed by atoms with Gasteiger partial charge in [0, 0.05) is 26.1 Å². The van der Waals surface area contributed by atoms with Crippen LogP contribution in [0.1, 0.15) is 40.5 Å². The molecule has 1 N–H and O–H groups in total. The molecule has 0 spiro atoms. The third-order valence-electron chi connectivity index (χ3n) is 2.87. The molecule has 0 aromatic heterocycles. The lowest BCUT2D eigenvalue weighted by Gasteiger charge is -2.32. The molecule has 1 fully saturated rings. The van der Waals surface area contributed by atoms with E-state index in [-0.39, 0.29) is 24.0 Å². The number of ether oxygens (including phenoxy) is 1. The minimum Gasteiger partial charge on any atom is -0.459 e. The number of nitrogens with zero attached hydrogens (tertiary/aromatic N) is 1. The normalized spacial score (nSPS) is 22.8. The van der Waals surface area contributed by atoms with E-state index >= 15 is 0 Å². The summed E-state index contributed by atoms with van der Waals surface area (Å²) in [7, 11) is 1.79. The van der Waals surface area contributed by atoms with Crippen molar-refractivity contribution in [2.24, 2.45) is 0 Å². The van der Waals surface area contributed by atoms with Crippen LogP contribution < -0.4 is 5.32 Å². The molecule has 0 saturated carbocycles. The average Bonchev–Trinajstić information content (AvgIpc) is 2.21. The van der Waals surface area contributed by atoms with Crippen molar-refractivity contribution in [3.63, 3.8) is 0 Å². The van der Waals surface area contributed by atoms with E-state index in [1.807, 2.05) is 20.8 Å². The van der Waals surface area contributed by atoms with Gasteiger partial charge < -0.3 is 15.0 Å². The van der Waals surface area contributed by atoms with Crippen LogP contribution in [-0.2, 0) is 14.3 Å². The fourth-order valence-corrected chi connectivity index (χ4v) is 1.96. The molecule has 1 amide bonds. The molecular weight excluding hydrogens is 232 g/mol. The van der Waals surface area contributed by atoms with E-state index in [2.05, 4.69) is 5.32 Å². The maximum Gasteiger partial charge on any atom is 0.323 e. The molecule has 1 rings (SSSR count). The largest absolute Gasteiger partial charge is 0.459 e. The van der Waals surface area contributed by atoms with Crippen LogP contribution in [0.15, 0.2) is 0 Å². The second kappa shape index (κ2) is 5.69. The second-order valence-corrected chi connectivity index (χ2v) is 5.93. The molecule has 0 aliphatic carbocycles. The molecule has 0 radical (unpaired) electrons. The van der Waals surface area contributed by atoms with Crippen LogP contribution >= 0.6 is 0 Å². The molecule has 2 atom stereocenters. The van der Waals surface area contributed by atoms with Crippen LogP contribution in [0.2, 0.25) is 0 Å². The predicted octanol–water partition coefficient (Wildman–Crippen LogP) is 0.927. The minimum absolute atomic E-state index is 0.162. The number of carbonyl (C=O) groups excluding carboxylic acids is 2. The highest BCUT2D eigenvalue weighted by atomic mass is 16.6. The van der Waals surface area contributed by atoms with E-state index in [1.54, 1.807) is 18.9 Å². The molecule has 5 heteroatoms. The van der Waals surface area contributed by atoms with Gasteiger partial charge in [-0.2, -0.15) is 0 Å². The molecule has 104 valence electrons. The third kappa shape index (κ3) is 4.64. The number of nitrogens with one attached hydrogen (secondary N) is 1. The molecule has 1 aliphatic heterocycles. The molecule has 1 saturated heterocycles. The highest BCUT2D eigenvalue weighted by molar-refractivity contribution is 5.77. The van der Waals surface area contributed by atoms with Gasteiger partial charge in [-0.1, -0.05) is 0 Å². The zero-order valence-corrected chi connectivity index (χ0v) is 11.9. The van der Waals surface area contributed by atoms with Gasteiger partial charge >= 0.3 is 5.97 Å². The van der Waals surface area contributed by atoms with Crippen molar-refractivity contribution in [1.29, 1.82) is 0 Å². The van der Waals surface area contributed by atoms with Crippen molar-refractivity contribution in [3.8, 4) is 0 Å². The smallest absolute Gasteiger partial charge is 0.323 e. The lowest BCUT2D eigenvalue weighted by atomic mass is 10.0. The third-order valence-corrected chi connectivity index (χ3v) is 2.87. The van der Waals surface area contributed by atoms with E-state index in [4.69, 9.17) is 4.74 Å². The summed E-state index contributed by atoms with van der Waals surface area (Å²) in [5.41, 5.74) is -0.466. The van der Waals surface area contributed by atoms with Crippen LogP contribution in [-0.4, -0.2) is 48.1 Å². The molecule has 0 aromatic carbocycles. The van der Waals surface area contributed by atoms with Crippen molar-refractivity contribution in [2.75, 3.05) is 13.6 Å². The Morgan fingerprint density at radius 1 is 1.50 bits per heavy atom. The van der Waals surface area contributed by atoms with Gasteiger partial charge in [-0.3, -0.25) is 9.59 Å². The van der Waals surface area contributed by atoms with E-state index in [1.165, 1.54) is 0 Å². The average molecular weight is 256 g/mol. The summed E-state index contributed by atoms with van der Waals surface area (Å²) in [6.07, 6.45) is 1.31. The zero-order valence-electron chi connectivity index (χ0n) is 11.9. The van der Waals surface area contributed by atoms with Gasteiger partial charge in [0.1, 0.15) is 11.6 Å². The summed E-state index contributed by atoms with van der Waals surface area (Å²) in [5, 5.41) is 3.22. The van der Waals surface area contributed by atoms with Gasteiger partial charge in [0.2, 0.25) is 5.91 Å². The molecule has 0 bridgehead atoms. The molecule has 1 heterocycles. The first kappa shape index (κ1) is 15.0. The number of rotatable bonds is 3. The Morgan fingerprint density at radius 2 is 2.11 bits per heavy atom. The monoisotopic (exact) mass is 256 g/mol. The number of hydrogen-bond acceptors (Lipinski definition) is 4. The Labute approximate surface area is 109 Å². The standard InChI is InChI=1S/C13H24N2O3/c1-9(12(17)18-13(2,3)4)14-10-6-7-11(16)15(5)8-10/h9-10,14H,6-8H2,1-5H3. The van der Waals surface area contributed by atoms with Crippen LogP contribution in [0.3, 0.4) is 0 Å². The number of hydrogen-bond donors (Lipinski definition) is 1. The summed E-state index contributed by atoms with van der Waals surface area (Å²) in [6.45, 7) is 8.00. The number of carbonyl (C=O) groups is 2. The summed E-state index contributed by atoms with van der Waals surface area (Å²) >= 11 is 0. The molecule has 0 aromatic rings.